The molecule has 0 unspecified atom stereocenters. The van der Waals surface area contributed by atoms with Crippen LogP contribution in [0.4, 0.5) is 0 Å². The van der Waals surface area contributed by atoms with Crippen LogP contribution in [0.1, 0.15) is 59.5 Å². The fourth-order valence-corrected chi connectivity index (χ4v) is 3.65. The Bertz CT molecular complexity index is 916. The van der Waals surface area contributed by atoms with Gasteiger partial charge >= 0.3 is 5.97 Å². The van der Waals surface area contributed by atoms with Gasteiger partial charge in [-0.3, -0.25) is 9.89 Å². The van der Waals surface area contributed by atoms with Crippen molar-refractivity contribution in [1.82, 2.24) is 20.1 Å². The molecule has 0 spiro atoms. The van der Waals surface area contributed by atoms with E-state index in [4.69, 9.17) is 9.47 Å². The lowest BCUT2D eigenvalue weighted by Crippen LogP contribution is -2.38. The molecule has 1 aromatic carbocycles. The number of aromatic nitrogens is 3. The van der Waals surface area contributed by atoms with E-state index in [0.717, 1.165) is 24.5 Å². The van der Waals surface area contributed by atoms with E-state index < -0.39 is 5.97 Å². The molecule has 0 bridgehead atoms. The lowest BCUT2D eigenvalue weighted by Gasteiger charge is -2.31. The molecule has 1 aliphatic heterocycles. The van der Waals surface area contributed by atoms with E-state index in [1.807, 2.05) is 4.90 Å². The van der Waals surface area contributed by atoms with E-state index in [-0.39, 0.29) is 12.5 Å². The summed E-state index contributed by atoms with van der Waals surface area (Å²) in [6.07, 6.45) is 4.06. The third-order valence-corrected chi connectivity index (χ3v) is 5.62. The van der Waals surface area contributed by atoms with Gasteiger partial charge in [0.05, 0.1) is 14.2 Å². The van der Waals surface area contributed by atoms with Gasteiger partial charge in [-0.15, -0.1) is 0 Å². The van der Waals surface area contributed by atoms with Crippen molar-refractivity contribution >= 4 is 11.9 Å². The van der Waals surface area contributed by atoms with Crippen LogP contribution in [-0.2, 0) is 9.53 Å². The summed E-state index contributed by atoms with van der Waals surface area (Å²) in [5.74, 6) is 2.95. The smallest absolute Gasteiger partial charge is 0.343 e. The van der Waals surface area contributed by atoms with E-state index in [0.29, 0.717) is 42.0 Å². The number of rotatable bonds is 7. The lowest BCUT2D eigenvalue weighted by atomic mass is 9.95. The monoisotopic (exact) mass is 414 g/mol. The molecule has 1 N–H and O–H groups in total. The summed E-state index contributed by atoms with van der Waals surface area (Å²) in [4.78, 5) is 30.7. The molecule has 160 valence electrons. The van der Waals surface area contributed by atoms with Crippen LogP contribution in [0, 0.1) is 0 Å². The number of ether oxygens (including phenoxy) is 3. The van der Waals surface area contributed by atoms with E-state index in [9.17, 15) is 9.59 Å². The summed E-state index contributed by atoms with van der Waals surface area (Å²) in [5, 5.41) is 7.43. The minimum absolute atomic E-state index is 0.0532. The number of hydrogen-bond acceptors (Lipinski definition) is 7. The molecule has 2 aromatic rings. The number of H-pyrrole nitrogens is 1. The van der Waals surface area contributed by atoms with Crippen LogP contribution in [0.2, 0.25) is 0 Å². The summed E-state index contributed by atoms with van der Waals surface area (Å²) in [6.45, 7) is 1.09. The summed E-state index contributed by atoms with van der Waals surface area (Å²) in [6, 6.07) is 4.96. The molecule has 4 rings (SSSR count). The second kappa shape index (κ2) is 8.73. The Balaban J connectivity index is 1.36. The van der Waals surface area contributed by atoms with Gasteiger partial charge in [0, 0.05) is 30.5 Å². The molecule has 1 saturated carbocycles. The number of aromatic amines is 1. The Labute approximate surface area is 174 Å². The highest BCUT2D eigenvalue weighted by Gasteiger charge is 2.31. The molecular weight excluding hydrogens is 388 g/mol. The number of esters is 1. The number of hydrogen-bond donors (Lipinski definition) is 1. The highest BCUT2D eigenvalue weighted by Crippen LogP contribution is 2.38. The van der Waals surface area contributed by atoms with Crippen molar-refractivity contribution in [2.45, 2.75) is 37.5 Å². The Morgan fingerprint density at radius 2 is 1.87 bits per heavy atom. The molecule has 2 heterocycles. The first-order chi connectivity index (χ1) is 14.6. The zero-order valence-corrected chi connectivity index (χ0v) is 17.2. The van der Waals surface area contributed by atoms with Gasteiger partial charge in [-0.25, -0.2) is 9.78 Å². The summed E-state index contributed by atoms with van der Waals surface area (Å²) < 4.78 is 15.3. The molecule has 2 fully saturated rings. The molecule has 1 aliphatic carbocycles. The number of methoxy groups -OCH3 is 2. The molecular formula is C21H26N4O5. The van der Waals surface area contributed by atoms with Gasteiger partial charge in [0.15, 0.2) is 23.9 Å². The van der Waals surface area contributed by atoms with Gasteiger partial charge < -0.3 is 19.1 Å². The molecule has 1 amide bonds. The number of nitrogens with one attached hydrogen (secondary N) is 1. The molecule has 1 aromatic heterocycles. The topological polar surface area (TPSA) is 107 Å². The highest BCUT2D eigenvalue weighted by molar-refractivity contribution is 5.95. The summed E-state index contributed by atoms with van der Waals surface area (Å²) >= 11 is 0. The maximum absolute atomic E-state index is 13.0. The van der Waals surface area contributed by atoms with Crippen LogP contribution in [-0.4, -0.2) is 65.9 Å². The van der Waals surface area contributed by atoms with Crippen molar-refractivity contribution in [3.63, 3.8) is 0 Å². The number of likely N-dealkylation sites (tertiary alicyclic amines) is 1. The first kappa shape index (κ1) is 20.2. The second-order valence-electron chi connectivity index (χ2n) is 7.65. The quantitative estimate of drug-likeness (QED) is 0.693. The van der Waals surface area contributed by atoms with Crippen molar-refractivity contribution in [2.75, 3.05) is 33.9 Å². The number of benzene rings is 1. The Morgan fingerprint density at radius 1 is 1.10 bits per heavy atom. The Kier molecular flexibility index (Phi) is 5.87. The molecule has 2 aliphatic rings. The van der Waals surface area contributed by atoms with Crippen molar-refractivity contribution in [3.05, 3.63) is 35.4 Å². The number of amides is 1. The predicted molar refractivity (Wildman–Crippen MR) is 107 cm³/mol. The van der Waals surface area contributed by atoms with Gasteiger partial charge in [0.2, 0.25) is 0 Å². The highest BCUT2D eigenvalue weighted by atomic mass is 16.6. The van der Waals surface area contributed by atoms with Crippen molar-refractivity contribution in [2.24, 2.45) is 0 Å². The van der Waals surface area contributed by atoms with Gasteiger partial charge in [0.25, 0.3) is 5.91 Å². The SMILES string of the molecule is COC(=O)COc1ccc(C(=O)N2CCC(c3nc(C4CC4)n[nH]3)CC2)cc1OC. The number of nitrogens with zero attached hydrogens (tertiary/aromatic N) is 3. The maximum atomic E-state index is 13.0. The van der Waals surface area contributed by atoms with Crippen LogP contribution in [0.25, 0.3) is 0 Å². The Hall–Kier alpha value is -3.10. The molecule has 9 heteroatoms. The van der Waals surface area contributed by atoms with E-state index >= 15 is 0 Å². The zero-order valence-electron chi connectivity index (χ0n) is 17.2. The van der Waals surface area contributed by atoms with Crippen LogP contribution in [0.5, 0.6) is 11.5 Å². The number of piperidine rings is 1. The van der Waals surface area contributed by atoms with Crippen molar-refractivity contribution in [1.29, 1.82) is 0 Å². The second-order valence-corrected chi connectivity index (χ2v) is 7.65. The first-order valence-corrected chi connectivity index (χ1v) is 10.2. The minimum Gasteiger partial charge on any atom is -0.493 e. The molecule has 1 saturated heterocycles. The third kappa shape index (κ3) is 4.39. The minimum atomic E-state index is -0.490. The molecule has 0 radical (unpaired) electrons. The predicted octanol–water partition coefficient (Wildman–Crippen LogP) is 2.26. The third-order valence-electron chi connectivity index (χ3n) is 5.62. The number of carbonyl (C=O) groups is 2. The Morgan fingerprint density at radius 3 is 2.53 bits per heavy atom. The van der Waals surface area contributed by atoms with Gasteiger partial charge in [-0.1, -0.05) is 0 Å². The average Bonchev–Trinajstić information content (AvgIpc) is 3.53. The standard InChI is InChI=1S/C21H26N4O5/c1-28-17-11-15(5-6-16(17)30-12-18(26)29-2)21(27)25-9-7-14(8-10-25)20-22-19(23-24-20)13-3-4-13/h5-6,11,13-14H,3-4,7-10,12H2,1-2H3,(H,22,23,24). The zero-order chi connectivity index (χ0) is 21.1. The lowest BCUT2D eigenvalue weighted by molar-refractivity contribution is -0.142. The molecule has 30 heavy (non-hydrogen) atoms. The molecule has 0 atom stereocenters. The van der Waals surface area contributed by atoms with Gasteiger partial charge in [-0.2, -0.15) is 5.10 Å². The maximum Gasteiger partial charge on any atom is 0.343 e. The van der Waals surface area contributed by atoms with Gasteiger partial charge in [0.1, 0.15) is 5.82 Å². The van der Waals surface area contributed by atoms with Crippen LogP contribution < -0.4 is 9.47 Å². The van der Waals surface area contributed by atoms with Crippen molar-refractivity contribution in [3.8, 4) is 11.5 Å². The average molecular weight is 414 g/mol. The number of carbonyl (C=O) groups excluding carboxylic acids is 2. The first-order valence-electron chi connectivity index (χ1n) is 10.2. The van der Waals surface area contributed by atoms with E-state index in [1.54, 1.807) is 18.2 Å². The van der Waals surface area contributed by atoms with Crippen LogP contribution in [0.15, 0.2) is 18.2 Å². The fraction of sp³-hybridized carbons (Fsp3) is 0.524. The fourth-order valence-electron chi connectivity index (χ4n) is 3.65. The van der Waals surface area contributed by atoms with Crippen LogP contribution >= 0.6 is 0 Å². The van der Waals surface area contributed by atoms with Gasteiger partial charge in [-0.05, 0) is 43.9 Å². The van der Waals surface area contributed by atoms with E-state index in [2.05, 4.69) is 19.9 Å². The van der Waals surface area contributed by atoms with E-state index in [1.165, 1.54) is 27.1 Å². The van der Waals surface area contributed by atoms with Crippen LogP contribution in [0.3, 0.4) is 0 Å². The summed E-state index contributed by atoms with van der Waals surface area (Å²) in [5.41, 5.74) is 0.520. The summed E-state index contributed by atoms with van der Waals surface area (Å²) in [7, 11) is 2.79. The molecule has 9 nitrogen and oxygen atoms in total. The largest absolute Gasteiger partial charge is 0.493 e. The van der Waals surface area contributed by atoms with Crippen molar-refractivity contribution < 1.29 is 23.8 Å². The normalized spacial score (nSPS) is 16.9.